The average Bonchev–Trinajstić information content (AvgIpc) is 2.09. The number of alkyl halides is 3. The third-order valence-electron chi connectivity index (χ3n) is 1.35. The van der Waals surface area contributed by atoms with Crippen LogP contribution in [0.3, 0.4) is 0 Å². The van der Waals surface area contributed by atoms with Gasteiger partial charge in [0.2, 0.25) is 0 Å². The van der Waals surface area contributed by atoms with E-state index in [4.69, 9.17) is 0 Å². The molecule has 0 unspecified atom stereocenters. The predicted octanol–water partition coefficient (Wildman–Crippen LogP) is 2.19. The number of nitrogens with zero attached hydrogens (tertiary/aromatic N) is 1. The van der Waals surface area contributed by atoms with Crippen LogP contribution in [0.4, 0.5) is 18.0 Å². The van der Waals surface area contributed by atoms with Crippen LogP contribution in [0.2, 0.25) is 0 Å². The molecule has 0 saturated carbocycles. The maximum absolute atomic E-state index is 11.7. The van der Waals surface area contributed by atoms with Gasteiger partial charge in [0.15, 0.2) is 6.61 Å². The first-order valence-corrected chi connectivity index (χ1v) is 4.00. The zero-order valence-corrected chi connectivity index (χ0v) is 7.80. The first kappa shape index (κ1) is 12.8. The minimum atomic E-state index is -4.48. The summed E-state index contributed by atoms with van der Waals surface area (Å²) in [7, 11) is 0. The molecule has 0 rings (SSSR count). The van der Waals surface area contributed by atoms with E-state index >= 15 is 0 Å². The summed E-state index contributed by atoms with van der Waals surface area (Å²) in [5.41, 5.74) is 0. The Morgan fingerprint density at radius 1 is 1.57 bits per heavy atom. The Bertz CT molecular complexity index is 203. The Morgan fingerprint density at radius 2 is 2.14 bits per heavy atom. The van der Waals surface area contributed by atoms with Crippen molar-refractivity contribution in [3.63, 3.8) is 0 Å². The van der Waals surface area contributed by atoms with Crippen LogP contribution in [0.25, 0.3) is 0 Å². The largest absolute Gasteiger partial charge is 0.440 e. The number of ether oxygens (including phenoxy) is 1. The van der Waals surface area contributed by atoms with E-state index in [0.717, 1.165) is 4.90 Å². The van der Waals surface area contributed by atoms with Crippen molar-refractivity contribution in [3.8, 4) is 0 Å². The zero-order valence-electron chi connectivity index (χ0n) is 7.80. The molecule has 3 nitrogen and oxygen atoms in total. The van der Waals surface area contributed by atoms with Gasteiger partial charge in [0.25, 0.3) is 0 Å². The molecule has 6 heteroatoms. The van der Waals surface area contributed by atoms with E-state index in [-0.39, 0.29) is 13.1 Å². The first-order valence-electron chi connectivity index (χ1n) is 4.00. The summed E-state index contributed by atoms with van der Waals surface area (Å²) < 4.78 is 39.0. The van der Waals surface area contributed by atoms with Gasteiger partial charge in [0.1, 0.15) is 0 Å². The van der Waals surface area contributed by atoms with Crippen LogP contribution in [-0.4, -0.2) is 36.9 Å². The molecule has 0 aromatic carbocycles. The van der Waals surface area contributed by atoms with Crippen LogP contribution in [0.15, 0.2) is 12.7 Å². The second-order valence-corrected chi connectivity index (χ2v) is 2.50. The van der Waals surface area contributed by atoms with Crippen molar-refractivity contribution in [2.45, 2.75) is 13.1 Å². The number of hydrogen-bond acceptors (Lipinski definition) is 2. The number of hydrogen-bond donors (Lipinski definition) is 0. The molecule has 82 valence electrons. The molecule has 0 spiro atoms. The van der Waals surface area contributed by atoms with E-state index in [9.17, 15) is 18.0 Å². The van der Waals surface area contributed by atoms with E-state index in [2.05, 4.69) is 11.3 Å². The summed E-state index contributed by atoms with van der Waals surface area (Å²) in [4.78, 5) is 12.1. The van der Waals surface area contributed by atoms with Crippen molar-refractivity contribution in [2.24, 2.45) is 0 Å². The molecule has 0 aliphatic carbocycles. The molecule has 0 N–H and O–H groups in total. The number of amides is 1. The average molecular weight is 211 g/mol. The van der Waals surface area contributed by atoms with Crippen molar-refractivity contribution >= 4 is 6.09 Å². The molecule has 0 heterocycles. The van der Waals surface area contributed by atoms with Gasteiger partial charge in [-0.15, -0.1) is 6.58 Å². The van der Waals surface area contributed by atoms with Crippen molar-refractivity contribution < 1.29 is 22.7 Å². The van der Waals surface area contributed by atoms with Gasteiger partial charge in [0.05, 0.1) is 0 Å². The SMILES string of the molecule is C=CCN(CC)C(=O)OCC(F)(F)F. The molecule has 14 heavy (non-hydrogen) atoms. The molecule has 0 aliphatic heterocycles. The third-order valence-corrected chi connectivity index (χ3v) is 1.35. The number of carbonyl (C=O) groups is 1. The maximum atomic E-state index is 11.7. The summed E-state index contributed by atoms with van der Waals surface area (Å²) in [6, 6.07) is 0. The molecule has 0 aromatic rings. The zero-order chi connectivity index (χ0) is 11.2. The topological polar surface area (TPSA) is 29.5 Å². The fourth-order valence-electron chi connectivity index (χ4n) is 0.723. The lowest BCUT2D eigenvalue weighted by Gasteiger charge is -2.18. The molecular formula is C8H12F3NO2. The fourth-order valence-corrected chi connectivity index (χ4v) is 0.723. The number of rotatable bonds is 4. The molecular weight excluding hydrogens is 199 g/mol. The van der Waals surface area contributed by atoms with Gasteiger partial charge in [-0.05, 0) is 6.92 Å². The standard InChI is InChI=1S/C8H12F3NO2/c1-3-5-12(4-2)7(13)14-6-8(9,10)11/h3H,1,4-6H2,2H3. The molecule has 0 radical (unpaired) electrons. The Hall–Kier alpha value is -1.20. The van der Waals surface area contributed by atoms with E-state index in [1.165, 1.54) is 6.08 Å². The van der Waals surface area contributed by atoms with Gasteiger partial charge in [-0.2, -0.15) is 13.2 Å². The number of carbonyl (C=O) groups excluding carboxylic acids is 1. The first-order chi connectivity index (χ1) is 6.40. The van der Waals surface area contributed by atoms with E-state index < -0.39 is 18.9 Å². The minimum Gasteiger partial charge on any atom is -0.440 e. The lowest BCUT2D eigenvalue weighted by atomic mass is 10.5. The lowest BCUT2D eigenvalue weighted by Crippen LogP contribution is -2.34. The smallest absolute Gasteiger partial charge is 0.422 e. The Labute approximate surface area is 80.1 Å². The van der Waals surface area contributed by atoms with Crippen LogP contribution in [0, 0.1) is 0 Å². The third kappa shape index (κ3) is 5.45. The van der Waals surface area contributed by atoms with Crippen LogP contribution in [-0.2, 0) is 4.74 Å². The van der Waals surface area contributed by atoms with Gasteiger partial charge in [0, 0.05) is 13.1 Å². The van der Waals surface area contributed by atoms with Crippen LogP contribution >= 0.6 is 0 Å². The molecule has 0 fully saturated rings. The van der Waals surface area contributed by atoms with Gasteiger partial charge in [-0.3, -0.25) is 0 Å². The Morgan fingerprint density at radius 3 is 2.50 bits per heavy atom. The van der Waals surface area contributed by atoms with E-state index in [1.807, 2.05) is 0 Å². The van der Waals surface area contributed by atoms with Gasteiger partial charge >= 0.3 is 12.3 Å². The summed E-state index contributed by atoms with van der Waals surface area (Å²) >= 11 is 0. The Balaban J connectivity index is 3.98. The quantitative estimate of drug-likeness (QED) is 0.667. The van der Waals surface area contributed by atoms with Gasteiger partial charge < -0.3 is 9.64 Å². The van der Waals surface area contributed by atoms with Gasteiger partial charge in [-0.25, -0.2) is 4.79 Å². The van der Waals surface area contributed by atoms with Crippen molar-refractivity contribution in [1.82, 2.24) is 4.90 Å². The predicted molar refractivity (Wildman–Crippen MR) is 44.8 cm³/mol. The molecule has 0 aromatic heterocycles. The molecule has 0 bridgehead atoms. The summed E-state index contributed by atoms with van der Waals surface area (Å²) in [5.74, 6) is 0. The highest BCUT2D eigenvalue weighted by molar-refractivity contribution is 5.67. The second kappa shape index (κ2) is 5.51. The van der Waals surface area contributed by atoms with Crippen molar-refractivity contribution in [1.29, 1.82) is 0 Å². The van der Waals surface area contributed by atoms with Crippen LogP contribution < -0.4 is 0 Å². The Kier molecular flexibility index (Phi) is 5.04. The number of likely N-dealkylation sites (N-methyl/N-ethyl adjacent to an activating group) is 1. The number of halogens is 3. The molecule has 0 aliphatic rings. The molecule has 0 saturated heterocycles. The maximum Gasteiger partial charge on any atom is 0.422 e. The van der Waals surface area contributed by atoms with E-state index in [1.54, 1.807) is 6.92 Å². The summed E-state index contributed by atoms with van der Waals surface area (Å²) in [5, 5.41) is 0. The van der Waals surface area contributed by atoms with Crippen LogP contribution in [0.1, 0.15) is 6.92 Å². The molecule has 1 amide bonds. The summed E-state index contributed by atoms with van der Waals surface area (Å²) in [6.45, 7) is 3.90. The highest BCUT2D eigenvalue weighted by Crippen LogP contribution is 2.14. The van der Waals surface area contributed by atoms with Gasteiger partial charge in [-0.1, -0.05) is 6.08 Å². The normalized spacial score (nSPS) is 10.9. The fraction of sp³-hybridized carbons (Fsp3) is 0.625. The minimum absolute atomic E-state index is 0.174. The summed E-state index contributed by atoms with van der Waals surface area (Å²) in [6.07, 6.45) is -4.05. The van der Waals surface area contributed by atoms with Crippen molar-refractivity contribution in [2.75, 3.05) is 19.7 Å². The van der Waals surface area contributed by atoms with Crippen LogP contribution in [0.5, 0.6) is 0 Å². The van der Waals surface area contributed by atoms with E-state index in [0.29, 0.717) is 0 Å². The lowest BCUT2D eigenvalue weighted by molar-refractivity contribution is -0.162. The monoisotopic (exact) mass is 211 g/mol. The highest BCUT2D eigenvalue weighted by atomic mass is 19.4. The second-order valence-electron chi connectivity index (χ2n) is 2.50. The molecule has 0 atom stereocenters. The highest BCUT2D eigenvalue weighted by Gasteiger charge is 2.30. The van der Waals surface area contributed by atoms with Crippen molar-refractivity contribution in [3.05, 3.63) is 12.7 Å².